The van der Waals surface area contributed by atoms with Crippen LogP contribution in [0, 0.1) is 0 Å². The van der Waals surface area contributed by atoms with Crippen LogP contribution in [0.1, 0.15) is 0 Å². The van der Waals surface area contributed by atoms with E-state index >= 15 is 0 Å². The molecule has 0 bridgehead atoms. The average molecular weight is 277 g/mol. The van der Waals surface area contributed by atoms with Crippen molar-refractivity contribution in [3.8, 4) is 0 Å². The number of nitrogens with zero attached hydrogens (tertiary/aromatic N) is 2. The SMILES string of the molecule is Nc1ccc(N=Nc2ccccc2)cc1S(=O)(=O)O. The number of nitrogen functional groups attached to an aromatic ring is 1. The molecule has 0 aliphatic rings. The third-order valence-corrected chi connectivity index (χ3v) is 3.22. The minimum atomic E-state index is -4.37. The summed E-state index contributed by atoms with van der Waals surface area (Å²) in [6.45, 7) is 0. The molecule has 0 aliphatic carbocycles. The topological polar surface area (TPSA) is 105 Å². The van der Waals surface area contributed by atoms with Crippen LogP contribution in [0.25, 0.3) is 0 Å². The highest BCUT2D eigenvalue weighted by atomic mass is 32.2. The fraction of sp³-hybridized carbons (Fsp3) is 0. The van der Waals surface area contributed by atoms with Gasteiger partial charge in [0.1, 0.15) is 4.90 Å². The van der Waals surface area contributed by atoms with Gasteiger partial charge in [-0.15, -0.1) is 0 Å². The Morgan fingerprint density at radius 3 is 2.21 bits per heavy atom. The summed E-state index contributed by atoms with van der Waals surface area (Å²) in [6.07, 6.45) is 0. The van der Waals surface area contributed by atoms with Gasteiger partial charge in [-0.1, -0.05) is 18.2 Å². The van der Waals surface area contributed by atoms with Gasteiger partial charge in [-0.25, -0.2) is 0 Å². The zero-order valence-electron chi connectivity index (χ0n) is 9.76. The third kappa shape index (κ3) is 3.36. The second-order valence-electron chi connectivity index (χ2n) is 3.73. The van der Waals surface area contributed by atoms with E-state index in [0.29, 0.717) is 5.69 Å². The average Bonchev–Trinajstić information content (AvgIpc) is 2.37. The predicted molar refractivity (Wildman–Crippen MR) is 71.3 cm³/mol. The number of rotatable bonds is 3. The van der Waals surface area contributed by atoms with Gasteiger partial charge in [0.05, 0.1) is 17.1 Å². The van der Waals surface area contributed by atoms with Crippen LogP contribution in [0.4, 0.5) is 17.1 Å². The molecule has 19 heavy (non-hydrogen) atoms. The largest absolute Gasteiger partial charge is 0.398 e. The van der Waals surface area contributed by atoms with E-state index in [2.05, 4.69) is 10.2 Å². The van der Waals surface area contributed by atoms with Crippen molar-refractivity contribution in [2.24, 2.45) is 10.2 Å². The van der Waals surface area contributed by atoms with Gasteiger partial charge in [0, 0.05) is 0 Å². The molecule has 0 amide bonds. The number of nitrogens with two attached hydrogens (primary N) is 1. The van der Waals surface area contributed by atoms with Crippen molar-refractivity contribution in [3.63, 3.8) is 0 Å². The van der Waals surface area contributed by atoms with Gasteiger partial charge in [-0.2, -0.15) is 18.6 Å². The minimum Gasteiger partial charge on any atom is -0.398 e. The molecule has 0 atom stereocenters. The Morgan fingerprint density at radius 2 is 1.58 bits per heavy atom. The van der Waals surface area contributed by atoms with Crippen LogP contribution in [0.15, 0.2) is 63.7 Å². The molecule has 98 valence electrons. The highest BCUT2D eigenvalue weighted by molar-refractivity contribution is 7.86. The Morgan fingerprint density at radius 1 is 0.947 bits per heavy atom. The lowest BCUT2D eigenvalue weighted by Crippen LogP contribution is -2.02. The summed E-state index contributed by atoms with van der Waals surface area (Å²) in [7, 11) is -4.37. The van der Waals surface area contributed by atoms with Crippen LogP contribution in [0.5, 0.6) is 0 Å². The molecule has 0 unspecified atom stereocenters. The van der Waals surface area contributed by atoms with E-state index in [-0.39, 0.29) is 16.3 Å². The Bertz CT molecular complexity index is 712. The molecule has 6 nitrogen and oxygen atoms in total. The molecule has 0 aliphatic heterocycles. The second kappa shape index (κ2) is 5.17. The molecule has 0 saturated heterocycles. The highest BCUT2D eigenvalue weighted by Crippen LogP contribution is 2.25. The Kier molecular flexibility index (Phi) is 3.59. The van der Waals surface area contributed by atoms with Crippen LogP contribution >= 0.6 is 0 Å². The zero-order valence-corrected chi connectivity index (χ0v) is 10.6. The normalized spacial score (nSPS) is 11.8. The van der Waals surface area contributed by atoms with E-state index in [0.717, 1.165) is 6.07 Å². The monoisotopic (exact) mass is 277 g/mol. The number of anilines is 1. The van der Waals surface area contributed by atoms with E-state index < -0.39 is 10.1 Å². The van der Waals surface area contributed by atoms with Gasteiger partial charge in [-0.3, -0.25) is 4.55 Å². The maximum absolute atomic E-state index is 11.1. The van der Waals surface area contributed by atoms with Gasteiger partial charge in [0.15, 0.2) is 0 Å². The zero-order chi connectivity index (χ0) is 13.9. The quantitative estimate of drug-likeness (QED) is 0.511. The van der Waals surface area contributed by atoms with Crippen LogP contribution in [-0.4, -0.2) is 13.0 Å². The lowest BCUT2D eigenvalue weighted by Gasteiger charge is -2.02. The van der Waals surface area contributed by atoms with Crippen molar-refractivity contribution in [2.75, 3.05) is 5.73 Å². The number of hydrogen-bond donors (Lipinski definition) is 2. The summed E-state index contributed by atoms with van der Waals surface area (Å²) in [4.78, 5) is -0.378. The fourth-order valence-corrected chi connectivity index (χ4v) is 2.05. The Labute approximate surface area is 110 Å². The maximum atomic E-state index is 11.1. The molecular weight excluding hydrogens is 266 g/mol. The maximum Gasteiger partial charge on any atom is 0.296 e. The van der Waals surface area contributed by atoms with E-state index in [1.165, 1.54) is 12.1 Å². The molecule has 0 saturated carbocycles. The summed E-state index contributed by atoms with van der Waals surface area (Å²) in [5.74, 6) is 0. The van der Waals surface area contributed by atoms with Crippen molar-refractivity contribution in [1.29, 1.82) is 0 Å². The van der Waals surface area contributed by atoms with Crippen LogP contribution in [-0.2, 0) is 10.1 Å². The van der Waals surface area contributed by atoms with Gasteiger partial charge >= 0.3 is 0 Å². The molecule has 2 rings (SSSR count). The van der Waals surface area contributed by atoms with Crippen molar-refractivity contribution in [3.05, 3.63) is 48.5 Å². The predicted octanol–water partition coefficient (Wildman–Crippen LogP) is 2.93. The van der Waals surface area contributed by atoms with Gasteiger partial charge < -0.3 is 5.73 Å². The molecule has 0 radical (unpaired) electrons. The summed E-state index contributed by atoms with van der Waals surface area (Å²) >= 11 is 0. The lowest BCUT2D eigenvalue weighted by atomic mass is 10.3. The number of hydrogen-bond acceptors (Lipinski definition) is 5. The van der Waals surface area contributed by atoms with Crippen molar-refractivity contribution in [1.82, 2.24) is 0 Å². The molecular formula is C12H11N3O3S. The number of azo groups is 1. The van der Waals surface area contributed by atoms with Crippen LogP contribution in [0.2, 0.25) is 0 Å². The Hall–Kier alpha value is -2.25. The summed E-state index contributed by atoms with van der Waals surface area (Å²) < 4.78 is 31.2. The van der Waals surface area contributed by atoms with Gasteiger partial charge in [0.25, 0.3) is 10.1 Å². The molecule has 2 aromatic rings. The standard InChI is InChI=1S/C12H11N3O3S/c13-11-7-6-10(8-12(11)19(16,17)18)15-14-9-4-2-1-3-5-9/h1-8H,13H2,(H,16,17,18). The minimum absolute atomic E-state index is 0.0406. The van der Waals surface area contributed by atoms with Crippen molar-refractivity contribution < 1.29 is 13.0 Å². The first-order valence-corrected chi connectivity index (χ1v) is 6.74. The third-order valence-electron chi connectivity index (χ3n) is 2.31. The smallest absolute Gasteiger partial charge is 0.296 e. The molecule has 0 spiro atoms. The summed E-state index contributed by atoms with van der Waals surface area (Å²) in [5.41, 5.74) is 6.35. The molecule has 2 aromatic carbocycles. The number of benzene rings is 2. The lowest BCUT2D eigenvalue weighted by molar-refractivity contribution is 0.483. The van der Waals surface area contributed by atoms with Crippen molar-refractivity contribution >= 4 is 27.2 Å². The second-order valence-corrected chi connectivity index (χ2v) is 5.12. The van der Waals surface area contributed by atoms with E-state index in [1.807, 2.05) is 6.07 Å². The molecule has 7 heteroatoms. The van der Waals surface area contributed by atoms with E-state index in [4.69, 9.17) is 10.3 Å². The van der Waals surface area contributed by atoms with Gasteiger partial charge in [-0.05, 0) is 30.3 Å². The molecule has 3 N–H and O–H groups in total. The highest BCUT2D eigenvalue weighted by Gasteiger charge is 2.14. The summed E-state index contributed by atoms with van der Waals surface area (Å²) in [6, 6.07) is 13.0. The van der Waals surface area contributed by atoms with Gasteiger partial charge in [0.2, 0.25) is 0 Å². The molecule has 0 fully saturated rings. The first-order valence-electron chi connectivity index (χ1n) is 5.30. The van der Waals surface area contributed by atoms with Crippen LogP contribution in [0.3, 0.4) is 0 Å². The van der Waals surface area contributed by atoms with E-state index in [9.17, 15) is 8.42 Å². The van der Waals surface area contributed by atoms with Crippen LogP contribution < -0.4 is 5.73 Å². The first-order chi connectivity index (χ1) is 8.97. The first kappa shape index (κ1) is 13.2. The molecule has 0 aromatic heterocycles. The van der Waals surface area contributed by atoms with Crippen molar-refractivity contribution in [2.45, 2.75) is 4.90 Å². The van der Waals surface area contributed by atoms with E-state index in [1.54, 1.807) is 24.3 Å². The fourth-order valence-electron chi connectivity index (χ4n) is 1.42. The Balaban J connectivity index is 2.35. The summed E-state index contributed by atoms with van der Waals surface area (Å²) in [5, 5.41) is 7.82. The molecule has 0 heterocycles.